The minimum atomic E-state index is -0.230. The van der Waals surface area contributed by atoms with Crippen molar-refractivity contribution >= 4 is 39.9 Å². The maximum absolute atomic E-state index is 13.5. The first kappa shape index (κ1) is 25.2. The average molecular weight is 481 g/mol. The normalized spacial score (nSPS) is 11.8. The number of aliphatic hydroxyl groups is 1. The molecule has 0 spiro atoms. The van der Waals surface area contributed by atoms with Crippen LogP contribution in [0.4, 0.5) is 5.82 Å². The van der Waals surface area contributed by atoms with Gasteiger partial charge in [-0.25, -0.2) is 9.97 Å². The molecule has 0 saturated carbocycles. The van der Waals surface area contributed by atoms with E-state index in [1.807, 2.05) is 37.3 Å². The smallest absolute Gasteiger partial charge is 0.228 e. The zero-order valence-corrected chi connectivity index (χ0v) is 20.3. The van der Waals surface area contributed by atoms with E-state index in [0.29, 0.717) is 46.3 Å². The monoisotopic (exact) mass is 480 g/mol. The highest BCUT2D eigenvalue weighted by Crippen LogP contribution is 2.36. The third-order valence-corrected chi connectivity index (χ3v) is 6.41. The number of anilines is 1. The van der Waals surface area contributed by atoms with Crippen LogP contribution in [-0.2, 0) is 11.3 Å². The maximum Gasteiger partial charge on any atom is 0.228 e. The topological polar surface area (TPSA) is 119 Å². The molecule has 0 radical (unpaired) electrons. The first-order valence-corrected chi connectivity index (χ1v) is 11.7. The minimum Gasteiger partial charge on any atom is -0.493 e. The number of carbonyl (C=O) groups excluding carboxylic acids is 2. The third-order valence-electron chi connectivity index (χ3n) is 5.27. The molecular weight excluding hydrogens is 452 g/mol. The molecule has 2 aromatic carbocycles. The molecule has 8 nitrogen and oxygen atoms in total. The molecule has 0 aliphatic rings. The highest BCUT2D eigenvalue weighted by Gasteiger charge is 2.21. The van der Waals surface area contributed by atoms with E-state index in [1.54, 1.807) is 26.1 Å². The van der Waals surface area contributed by atoms with E-state index in [2.05, 4.69) is 9.97 Å². The van der Waals surface area contributed by atoms with Crippen LogP contribution in [-0.4, -0.2) is 44.7 Å². The molecule has 0 atom stereocenters. The summed E-state index contributed by atoms with van der Waals surface area (Å²) in [5.74, 6) is 1.32. The van der Waals surface area contributed by atoms with Gasteiger partial charge in [-0.3, -0.25) is 9.59 Å². The van der Waals surface area contributed by atoms with Crippen molar-refractivity contribution in [2.24, 2.45) is 0 Å². The van der Waals surface area contributed by atoms with Crippen molar-refractivity contribution < 1.29 is 19.4 Å². The lowest BCUT2D eigenvalue weighted by Crippen LogP contribution is -2.22. The second-order valence-electron chi connectivity index (χ2n) is 7.53. The van der Waals surface area contributed by atoms with Crippen molar-refractivity contribution in [3.63, 3.8) is 0 Å². The van der Waals surface area contributed by atoms with Gasteiger partial charge in [-0.15, -0.1) is 0 Å². The van der Waals surface area contributed by atoms with Crippen molar-refractivity contribution in [2.75, 3.05) is 18.9 Å². The number of hydrogen-bond donors (Lipinski definition) is 2. The molecule has 0 unspecified atom stereocenters. The van der Waals surface area contributed by atoms with Gasteiger partial charge in [0.05, 0.1) is 18.7 Å². The Labute approximate surface area is 202 Å². The minimum absolute atomic E-state index is 0.142. The fraction of sp³-hybridized carbons (Fsp3) is 0.280. The Kier molecular flexibility index (Phi) is 8.61. The molecule has 0 fully saturated rings. The lowest BCUT2D eigenvalue weighted by Gasteiger charge is -2.22. The number of fused-ring (bicyclic) bond motifs is 1. The Morgan fingerprint density at radius 1 is 1.26 bits per heavy atom. The SMILES string of the molecule is CCOc1ccc2ccccc2c1C(=O)S/C(CCO)=C(/C)N(C=O)Cc1cnc(C)nc1N. The summed E-state index contributed by atoms with van der Waals surface area (Å²) in [6.45, 7) is 5.71. The van der Waals surface area contributed by atoms with Crippen LogP contribution < -0.4 is 10.5 Å². The molecule has 3 rings (SSSR count). The number of carbonyl (C=O) groups is 2. The number of allylic oxidation sites excluding steroid dienone is 1. The number of benzene rings is 2. The van der Waals surface area contributed by atoms with Crippen LogP contribution in [0.1, 0.15) is 42.0 Å². The molecule has 0 saturated heterocycles. The van der Waals surface area contributed by atoms with E-state index in [1.165, 1.54) is 4.90 Å². The lowest BCUT2D eigenvalue weighted by atomic mass is 10.0. The lowest BCUT2D eigenvalue weighted by molar-refractivity contribution is -0.116. The van der Waals surface area contributed by atoms with Crippen LogP contribution in [0.5, 0.6) is 5.75 Å². The first-order valence-electron chi connectivity index (χ1n) is 10.9. The van der Waals surface area contributed by atoms with Crippen molar-refractivity contribution in [3.8, 4) is 5.75 Å². The quantitative estimate of drug-likeness (QED) is 0.417. The third kappa shape index (κ3) is 5.73. The maximum atomic E-state index is 13.5. The summed E-state index contributed by atoms with van der Waals surface area (Å²) < 4.78 is 5.74. The Bertz CT molecular complexity index is 1230. The number of nitrogens with two attached hydrogens (primary N) is 1. The average Bonchev–Trinajstić information content (AvgIpc) is 2.83. The molecule has 178 valence electrons. The number of aliphatic hydroxyl groups excluding tert-OH is 1. The number of ether oxygens (including phenoxy) is 1. The molecule has 0 aliphatic carbocycles. The second kappa shape index (κ2) is 11.6. The van der Waals surface area contributed by atoms with Crippen LogP contribution in [0.2, 0.25) is 0 Å². The van der Waals surface area contributed by atoms with Crippen LogP contribution in [0.25, 0.3) is 10.8 Å². The van der Waals surface area contributed by atoms with E-state index in [4.69, 9.17) is 10.5 Å². The molecule has 1 aromatic heterocycles. The van der Waals surface area contributed by atoms with Gasteiger partial charge in [-0.2, -0.15) is 0 Å². The summed E-state index contributed by atoms with van der Waals surface area (Å²) in [6.07, 6.45) is 2.46. The van der Waals surface area contributed by atoms with Gasteiger partial charge >= 0.3 is 0 Å². The summed E-state index contributed by atoms with van der Waals surface area (Å²) in [5, 5.41) is 11.1. The molecule has 0 bridgehead atoms. The van der Waals surface area contributed by atoms with E-state index >= 15 is 0 Å². The predicted molar refractivity (Wildman–Crippen MR) is 134 cm³/mol. The molecule has 0 aliphatic heterocycles. The number of hydrogen-bond acceptors (Lipinski definition) is 8. The Hall–Kier alpha value is -3.43. The first-order chi connectivity index (χ1) is 16.4. The fourth-order valence-electron chi connectivity index (χ4n) is 3.52. The molecule has 1 heterocycles. The summed E-state index contributed by atoms with van der Waals surface area (Å²) >= 11 is 0.984. The van der Waals surface area contributed by atoms with Crippen molar-refractivity contribution in [1.29, 1.82) is 0 Å². The summed E-state index contributed by atoms with van der Waals surface area (Å²) in [5.41, 5.74) is 7.58. The van der Waals surface area contributed by atoms with Gasteiger partial charge in [-0.1, -0.05) is 30.3 Å². The Morgan fingerprint density at radius 3 is 2.71 bits per heavy atom. The number of thioether (sulfide) groups is 1. The molecule has 9 heteroatoms. The second-order valence-corrected chi connectivity index (χ2v) is 8.59. The van der Waals surface area contributed by atoms with Crippen LogP contribution in [0, 0.1) is 6.92 Å². The number of nitrogen functional groups attached to an aromatic ring is 1. The molecule has 3 aromatic rings. The fourth-order valence-corrected chi connectivity index (χ4v) is 4.52. The Balaban J connectivity index is 1.98. The van der Waals surface area contributed by atoms with Crippen LogP contribution in [0.15, 0.2) is 53.2 Å². The van der Waals surface area contributed by atoms with E-state index in [9.17, 15) is 14.7 Å². The standard InChI is InChI=1S/C25H28N4O4S/c1-4-33-21-10-9-18-7-5-6-8-20(18)23(21)25(32)34-22(11-12-30)16(2)29(15-31)14-19-13-27-17(3)28-24(19)26/h5-10,13,15,30H,4,11-12,14H2,1-3H3,(H2,26,27,28)/b22-16-. The molecule has 1 amide bonds. The van der Waals surface area contributed by atoms with Gasteiger partial charge in [0.15, 0.2) is 0 Å². The van der Waals surface area contributed by atoms with Gasteiger partial charge in [0, 0.05) is 35.4 Å². The largest absolute Gasteiger partial charge is 0.493 e. The number of amides is 1. The van der Waals surface area contributed by atoms with Gasteiger partial charge < -0.3 is 20.5 Å². The predicted octanol–water partition coefficient (Wildman–Crippen LogP) is 4.07. The number of nitrogens with zero attached hydrogens (tertiary/aromatic N) is 3. The van der Waals surface area contributed by atoms with Crippen molar-refractivity contribution in [2.45, 2.75) is 33.7 Å². The zero-order valence-electron chi connectivity index (χ0n) is 19.4. The van der Waals surface area contributed by atoms with Crippen molar-refractivity contribution in [3.05, 3.63) is 70.1 Å². The van der Waals surface area contributed by atoms with Crippen molar-refractivity contribution in [1.82, 2.24) is 14.9 Å². The summed E-state index contributed by atoms with van der Waals surface area (Å²) in [7, 11) is 0. The van der Waals surface area contributed by atoms with Gasteiger partial charge in [0.1, 0.15) is 17.4 Å². The van der Waals surface area contributed by atoms with Crippen LogP contribution >= 0.6 is 11.8 Å². The van der Waals surface area contributed by atoms with E-state index < -0.39 is 0 Å². The molecule has 34 heavy (non-hydrogen) atoms. The number of aryl methyl sites for hydroxylation is 1. The van der Waals surface area contributed by atoms with E-state index in [0.717, 1.165) is 22.5 Å². The zero-order chi connectivity index (χ0) is 24.7. The highest BCUT2D eigenvalue weighted by molar-refractivity contribution is 8.17. The number of aromatic nitrogens is 2. The molecule has 3 N–H and O–H groups in total. The molecular formula is C25H28N4O4S. The summed E-state index contributed by atoms with van der Waals surface area (Å²) in [6, 6.07) is 11.3. The number of rotatable bonds is 10. The van der Waals surface area contributed by atoms with Gasteiger partial charge in [-0.05, 0) is 49.4 Å². The van der Waals surface area contributed by atoms with Gasteiger partial charge in [0.2, 0.25) is 11.5 Å². The Morgan fingerprint density at radius 2 is 2.03 bits per heavy atom. The van der Waals surface area contributed by atoms with Crippen LogP contribution in [0.3, 0.4) is 0 Å². The van der Waals surface area contributed by atoms with Gasteiger partial charge in [0.25, 0.3) is 0 Å². The highest BCUT2D eigenvalue weighted by atomic mass is 32.2. The van der Waals surface area contributed by atoms with E-state index in [-0.39, 0.29) is 30.5 Å². The summed E-state index contributed by atoms with van der Waals surface area (Å²) in [4.78, 5) is 35.8.